The fourth-order valence-corrected chi connectivity index (χ4v) is 3.53. The van der Waals surface area contributed by atoms with Crippen LogP contribution in [0, 0.1) is 0 Å². The Morgan fingerprint density at radius 3 is 1.89 bits per heavy atom. The van der Waals surface area contributed by atoms with Crippen molar-refractivity contribution in [2.75, 3.05) is 20.5 Å². The Morgan fingerprint density at radius 2 is 1.53 bits per heavy atom. The highest BCUT2D eigenvalue weighted by Gasteiger charge is 2.21. The molecule has 0 aliphatic heterocycles. The Hall–Kier alpha value is -0.990. The van der Waals surface area contributed by atoms with Gasteiger partial charge in [0.05, 0.1) is 24.9 Å². The van der Waals surface area contributed by atoms with E-state index in [2.05, 4.69) is 0 Å². The molecular weight excluding hydrogens is 316 g/mol. The second-order valence-corrected chi connectivity index (χ2v) is 8.53. The van der Waals surface area contributed by atoms with E-state index in [1.54, 1.807) is 0 Å². The number of halogens is 1. The van der Waals surface area contributed by atoms with Crippen LogP contribution in [0.3, 0.4) is 0 Å². The number of methoxy groups -OCH3 is 2. The van der Waals surface area contributed by atoms with Crippen molar-refractivity contribution in [3.63, 3.8) is 0 Å². The lowest BCUT2D eigenvalue weighted by molar-refractivity contribution is 0.353. The molecule has 0 spiro atoms. The molecule has 1 aromatic rings. The van der Waals surface area contributed by atoms with Crippen LogP contribution in [0.2, 0.25) is 0 Å². The molecule has 0 heterocycles. The van der Waals surface area contributed by atoms with Gasteiger partial charge >= 0.3 is 0 Å². The lowest BCUT2D eigenvalue weighted by atomic mass is 10.2. The topological polar surface area (TPSA) is 86.7 Å². The standard InChI is InChI=1S/C10H13ClO6S2/c1-16-8-4-7(6-19(11,14)15)10(18(3,12)13)5-9(8)17-2/h4-5H,6H2,1-3H3. The van der Waals surface area contributed by atoms with Gasteiger partial charge in [-0.3, -0.25) is 0 Å². The summed E-state index contributed by atoms with van der Waals surface area (Å²) in [4.78, 5) is -0.158. The summed E-state index contributed by atoms with van der Waals surface area (Å²) in [5.41, 5.74) is 0.0372. The Balaban J connectivity index is 3.59. The van der Waals surface area contributed by atoms with Gasteiger partial charge in [0, 0.05) is 23.0 Å². The first-order valence-corrected chi connectivity index (χ1v) is 9.32. The number of benzene rings is 1. The van der Waals surface area contributed by atoms with E-state index < -0.39 is 24.6 Å². The molecule has 9 heteroatoms. The summed E-state index contributed by atoms with van der Waals surface area (Å²) < 4.78 is 55.6. The van der Waals surface area contributed by atoms with Crippen molar-refractivity contribution in [3.8, 4) is 11.5 Å². The summed E-state index contributed by atoms with van der Waals surface area (Å²) in [7, 11) is 0.356. The van der Waals surface area contributed by atoms with E-state index in [-0.39, 0.29) is 22.0 Å². The van der Waals surface area contributed by atoms with Crippen molar-refractivity contribution in [1.29, 1.82) is 0 Å². The molecule has 0 aliphatic carbocycles. The van der Waals surface area contributed by atoms with Gasteiger partial charge in [-0.15, -0.1) is 0 Å². The van der Waals surface area contributed by atoms with Gasteiger partial charge in [-0.2, -0.15) is 0 Å². The molecule has 0 atom stereocenters. The van der Waals surface area contributed by atoms with E-state index in [1.165, 1.54) is 26.4 Å². The molecule has 0 unspecified atom stereocenters. The molecule has 108 valence electrons. The molecule has 0 N–H and O–H groups in total. The molecule has 0 aromatic heterocycles. The Kier molecular flexibility index (Phi) is 4.70. The number of rotatable bonds is 5. The van der Waals surface area contributed by atoms with Gasteiger partial charge in [0.1, 0.15) is 0 Å². The second kappa shape index (κ2) is 5.56. The van der Waals surface area contributed by atoms with Gasteiger partial charge in [0.25, 0.3) is 0 Å². The van der Waals surface area contributed by atoms with Crippen LogP contribution in [0.4, 0.5) is 0 Å². The van der Waals surface area contributed by atoms with E-state index in [9.17, 15) is 16.8 Å². The molecule has 1 aromatic carbocycles. The van der Waals surface area contributed by atoms with Gasteiger partial charge in [-0.25, -0.2) is 16.8 Å². The summed E-state index contributed by atoms with van der Waals surface area (Å²) in [5.74, 6) is -0.194. The van der Waals surface area contributed by atoms with Crippen LogP contribution in [0.15, 0.2) is 17.0 Å². The van der Waals surface area contributed by atoms with Crippen molar-refractivity contribution in [2.45, 2.75) is 10.6 Å². The molecule has 1 rings (SSSR count). The first-order valence-electron chi connectivity index (χ1n) is 4.96. The van der Waals surface area contributed by atoms with Crippen molar-refractivity contribution in [3.05, 3.63) is 17.7 Å². The van der Waals surface area contributed by atoms with E-state index in [1.807, 2.05) is 0 Å². The zero-order valence-electron chi connectivity index (χ0n) is 10.5. The predicted octanol–water partition coefficient (Wildman–Crippen LogP) is 1.18. The van der Waals surface area contributed by atoms with Crippen molar-refractivity contribution in [1.82, 2.24) is 0 Å². The number of hydrogen-bond acceptors (Lipinski definition) is 6. The summed E-state index contributed by atoms with van der Waals surface area (Å²) in [6.45, 7) is 0. The normalized spacial score (nSPS) is 12.2. The molecule has 6 nitrogen and oxygen atoms in total. The van der Waals surface area contributed by atoms with Gasteiger partial charge in [0.2, 0.25) is 9.05 Å². The van der Waals surface area contributed by atoms with Crippen molar-refractivity contribution in [2.24, 2.45) is 0 Å². The van der Waals surface area contributed by atoms with Crippen LogP contribution in [0.25, 0.3) is 0 Å². The maximum absolute atomic E-state index is 11.7. The van der Waals surface area contributed by atoms with Crippen LogP contribution in [-0.2, 0) is 24.6 Å². The number of sulfone groups is 1. The average Bonchev–Trinajstić information content (AvgIpc) is 2.24. The fourth-order valence-electron chi connectivity index (χ4n) is 1.55. The highest BCUT2D eigenvalue weighted by atomic mass is 35.7. The molecule has 0 fully saturated rings. The second-order valence-electron chi connectivity index (χ2n) is 3.77. The summed E-state index contributed by atoms with van der Waals surface area (Å²) in [5, 5.41) is 0. The fraction of sp³-hybridized carbons (Fsp3) is 0.400. The zero-order valence-corrected chi connectivity index (χ0v) is 12.9. The SMILES string of the molecule is COc1cc(CS(=O)(=O)Cl)c(S(C)(=O)=O)cc1OC. The molecule has 19 heavy (non-hydrogen) atoms. The van der Waals surface area contributed by atoms with Gasteiger partial charge < -0.3 is 9.47 Å². The maximum Gasteiger partial charge on any atom is 0.236 e. The molecular formula is C10H13ClO6S2. The number of ether oxygens (including phenoxy) is 2. The van der Waals surface area contributed by atoms with Gasteiger partial charge in [-0.1, -0.05) is 0 Å². The van der Waals surface area contributed by atoms with E-state index >= 15 is 0 Å². The van der Waals surface area contributed by atoms with Crippen LogP contribution < -0.4 is 9.47 Å². The van der Waals surface area contributed by atoms with Gasteiger partial charge in [0.15, 0.2) is 21.3 Å². The smallest absolute Gasteiger partial charge is 0.236 e. The highest BCUT2D eigenvalue weighted by Crippen LogP contribution is 2.33. The Bertz CT molecular complexity index is 678. The minimum atomic E-state index is -3.89. The first-order chi connectivity index (χ1) is 8.58. The summed E-state index contributed by atoms with van der Waals surface area (Å²) >= 11 is 0. The third kappa shape index (κ3) is 4.26. The monoisotopic (exact) mass is 328 g/mol. The lowest BCUT2D eigenvalue weighted by Crippen LogP contribution is -2.07. The molecule has 0 bridgehead atoms. The minimum absolute atomic E-state index is 0.0372. The third-order valence-corrected chi connectivity index (χ3v) is 4.46. The summed E-state index contributed by atoms with van der Waals surface area (Å²) in [6, 6.07) is 2.50. The lowest BCUT2D eigenvalue weighted by Gasteiger charge is -2.13. The van der Waals surface area contributed by atoms with Crippen molar-refractivity contribution < 1.29 is 26.3 Å². The minimum Gasteiger partial charge on any atom is -0.493 e. The quantitative estimate of drug-likeness (QED) is 0.754. The molecule has 0 radical (unpaired) electrons. The van der Waals surface area contributed by atoms with Crippen LogP contribution in [0.1, 0.15) is 5.56 Å². The highest BCUT2D eigenvalue weighted by molar-refractivity contribution is 8.13. The van der Waals surface area contributed by atoms with Gasteiger partial charge in [-0.05, 0) is 11.6 Å². The van der Waals surface area contributed by atoms with E-state index in [0.717, 1.165) is 6.26 Å². The average molecular weight is 329 g/mol. The van der Waals surface area contributed by atoms with E-state index in [4.69, 9.17) is 20.2 Å². The van der Waals surface area contributed by atoms with Crippen molar-refractivity contribution >= 4 is 29.6 Å². The van der Waals surface area contributed by atoms with Crippen LogP contribution >= 0.6 is 10.7 Å². The first kappa shape index (κ1) is 16.1. The third-order valence-electron chi connectivity index (χ3n) is 2.29. The predicted molar refractivity (Wildman–Crippen MR) is 71.1 cm³/mol. The molecule has 0 saturated heterocycles. The Labute approximate surface area is 116 Å². The zero-order chi connectivity index (χ0) is 14.8. The molecule has 0 aliphatic rings. The largest absolute Gasteiger partial charge is 0.493 e. The maximum atomic E-state index is 11.7. The molecule has 0 amide bonds. The Morgan fingerprint density at radius 1 is 1.05 bits per heavy atom. The molecule has 0 saturated carbocycles. The van der Waals surface area contributed by atoms with Crippen LogP contribution in [0.5, 0.6) is 11.5 Å². The van der Waals surface area contributed by atoms with Crippen LogP contribution in [-0.4, -0.2) is 37.3 Å². The number of hydrogen-bond donors (Lipinski definition) is 0. The van der Waals surface area contributed by atoms with E-state index in [0.29, 0.717) is 0 Å². The summed E-state index contributed by atoms with van der Waals surface area (Å²) in [6.07, 6.45) is 0.971.